The van der Waals surface area contributed by atoms with E-state index in [1.807, 2.05) is 0 Å². The van der Waals surface area contributed by atoms with Crippen molar-refractivity contribution in [1.29, 1.82) is 0 Å². The minimum Gasteiger partial charge on any atom is -0.496 e. The fourth-order valence-electron chi connectivity index (χ4n) is 2.91. The molecule has 11 nitrogen and oxygen atoms in total. The van der Waals surface area contributed by atoms with E-state index in [0.717, 1.165) is 24.3 Å². The third kappa shape index (κ3) is 5.86. The zero-order chi connectivity index (χ0) is 24.7. The molecule has 0 bridgehead atoms. The summed E-state index contributed by atoms with van der Waals surface area (Å²) in [6, 6.07) is 15.9. The van der Waals surface area contributed by atoms with Crippen LogP contribution in [0.25, 0.3) is 0 Å². The molecule has 0 saturated heterocycles. The molecule has 34 heavy (non-hydrogen) atoms. The van der Waals surface area contributed by atoms with Crippen LogP contribution >= 0.6 is 0 Å². The molecule has 3 N–H and O–H groups in total. The lowest BCUT2D eigenvalue weighted by atomic mass is 10.1. The maximum atomic E-state index is 12.3. The summed E-state index contributed by atoms with van der Waals surface area (Å²) in [5, 5.41) is 14.5. The van der Waals surface area contributed by atoms with Crippen molar-refractivity contribution >= 4 is 27.8 Å². The number of hydrogen-bond donors (Lipinski definition) is 2. The number of sulfonamides is 1. The van der Waals surface area contributed by atoms with Gasteiger partial charge in [-0.1, -0.05) is 12.1 Å². The molecule has 0 saturated carbocycles. The third-order valence-electron chi connectivity index (χ3n) is 4.58. The van der Waals surface area contributed by atoms with Gasteiger partial charge in [-0.2, -0.15) is 13.5 Å². The lowest BCUT2D eigenvalue weighted by molar-refractivity contribution is -0.384. The predicted molar refractivity (Wildman–Crippen MR) is 123 cm³/mol. The van der Waals surface area contributed by atoms with Crippen molar-refractivity contribution in [3.8, 4) is 11.5 Å². The molecule has 12 heteroatoms. The molecular weight excluding hydrogens is 464 g/mol. The van der Waals surface area contributed by atoms with Crippen LogP contribution < -0.4 is 20.0 Å². The van der Waals surface area contributed by atoms with E-state index in [4.69, 9.17) is 15.2 Å². The van der Waals surface area contributed by atoms with Gasteiger partial charge in [-0.15, -0.1) is 0 Å². The summed E-state index contributed by atoms with van der Waals surface area (Å²) in [7, 11) is -2.53. The van der Waals surface area contributed by atoms with Crippen LogP contribution in [0.15, 0.2) is 76.7 Å². The average molecular weight is 484 g/mol. The molecule has 0 aliphatic rings. The van der Waals surface area contributed by atoms with Crippen molar-refractivity contribution < 1.29 is 27.6 Å². The number of carbonyl (C=O) groups is 1. The topological polar surface area (TPSA) is 163 Å². The van der Waals surface area contributed by atoms with Crippen LogP contribution in [0.3, 0.4) is 0 Å². The molecule has 1 amide bonds. The van der Waals surface area contributed by atoms with Crippen LogP contribution in [0.4, 0.5) is 5.69 Å². The average Bonchev–Trinajstić information content (AvgIpc) is 2.83. The van der Waals surface area contributed by atoms with Gasteiger partial charge in [-0.25, -0.2) is 4.83 Å². The zero-order valence-corrected chi connectivity index (χ0v) is 18.7. The smallest absolute Gasteiger partial charge is 0.276 e. The Morgan fingerprint density at radius 3 is 2.47 bits per heavy atom. The van der Waals surface area contributed by atoms with Gasteiger partial charge in [-0.05, 0) is 48.0 Å². The summed E-state index contributed by atoms with van der Waals surface area (Å²) in [6.07, 6.45) is 1.28. The number of rotatable bonds is 10. The van der Waals surface area contributed by atoms with E-state index in [9.17, 15) is 23.3 Å². The maximum absolute atomic E-state index is 12.3. The Labute approximate surface area is 195 Å². The number of ether oxygens (including phenoxy) is 2. The van der Waals surface area contributed by atoms with E-state index in [1.54, 1.807) is 42.5 Å². The molecule has 176 valence electrons. The second-order valence-electron chi connectivity index (χ2n) is 6.82. The molecule has 3 aromatic carbocycles. The number of nitrogens with zero attached hydrogens (tertiary/aromatic N) is 2. The van der Waals surface area contributed by atoms with Gasteiger partial charge in [0.1, 0.15) is 18.1 Å². The number of methoxy groups -OCH3 is 1. The van der Waals surface area contributed by atoms with Gasteiger partial charge in [0.25, 0.3) is 21.6 Å². The number of nitrogens with one attached hydrogen (secondary N) is 1. The van der Waals surface area contributed by atoms with Crippen molar-refractivity contribution in [3.05, 3.63) is 93.5 Å². The lowest BCUT2D eigenvalue weighted by Crippen LogP contribution is -2.18. The van der Waals surface area contributed by atoms with Crippen molar-refractivity contribution in [2.75, 3.05) is 7.11 Å². The van der Waals surface area contributed by atoms with E-state index in [1.165, 1.54) is 13.3 Å². The van der Waals surface area contributed by atoms with Crippen LogP contribution in [-0.2, 0) is 16.6 Å². The Kier molecular flexibility index (Phi) is 7.43. The summed E-state index contributed by atoms with van der Waals surface area (Å²) >= 11 is 0. The molecule has 0 aliphatic carbocycles. The first-order valence-electron chi connectivity index (χ1n) is 9.69. The Morgan fingerprint density at radius 2 is 1.82 bits per heavy atom. The minimum atomic E-state index is -4.02. The second-order valence-corrected chi connectivity index (χ2v) is 8.49. The summed E-state index contributed by atoms with van der Waals surface area (Å²) < 4.78 is 35.8. The van der Waals surface area contributed by atoms with Crippen molar-refractivity contribution in [2.24, 2.45) is 10.8 Å². The van der Waals surface area contributed by atoms with Gasteiger partial charge in [-0.3, -0.25) is 14.9 Å². The highest BCUT2D eigenvalue weighted by Crippen LogP contribution is 2.24. The molecule has 0 fully saturated rings. The molecular formula is C22H20N4O7S. The number of hydrogen-bond acceptors (Lipinski definition) is 8. The number of para-hydroxylation sites is 1. The number of hydrazone groups is 1. The van der Waals surface area contributed by atoms with E-state index >= 15 is 0 Å². The molecule has 3 rings (SSSR count). The van der Waals surface area contributed by atoms with Gasteiger partial charge in [0.15, 0.2) is 0 Å². The number of non-ortho nitro benzene ring substituents is 1. The molecule has 0 spiro atoms. The molecule has 0 unspecified atom stereocenters. The third-order valence-corrected chi connectivity index (χ3v) is 5.82. The highest BCUT2D eigenvalue weighted by molar-refractivity contribution is 7.89. The Hall–Kier alpha value is -4.45. The number of carbonyl (C=O) groups excluding carboxylic acids is 1. The molecule has 3 aromatic rings. The second kappa shape index (κ2) is 10.4. The molecule has 0 heterocycles. The fraction of sp³-hybridized carbons (Fsp3) is 0.0909. The SMILES string of the molecule is COc1ccc(/C=N\NS(=O)(=O)c2ccc([N+](=O)[O-])cc2)cc1COc1ccccc1C(N)=O. The van der Waals surface area contributed by atoms with Crippen molar-refractivity contribution in [2.45, 2.75) is 11.5 Å². The molecule has 0 atom stereocenters. The number of amides is 1. The predicted octanol–water partition coefficient (Wildman–Crippen LogP) is 2.59. The highest BCUT2D eigenvalue weighted by atomic mass is 32.2. The number of benzene rings is 3. The zero-order valence-electron chi connectivity index (χ0n) is 17.9. The first-order chi connectivity index (χ1) is 16.2. The minimum absolute atomic E-state index is 0.0453. The molecule has 0 radical (unpaired) electrons. The number of nitro groups is 1. The number of primary amides is 1. The molecule has 0 aliphatic heterocycles. The van der Waals surface area contributed by atoms with Gasteiger partial charge in [0.05, 0.1) is 28.7 Å². The first-order valence-corrected chi connectivity index (χ1v) is 11.2. The summed E-state index contributed by atoms with van der Waals surface area (Å²) in [5.41, 5.74) is 6.53. The Morgan fingerprint density at radius 1 is 1.12 bits per heavy atom. The van der Waals surface area contributed by atoms with E-state index in [0.29, 0.717) is 22.6 Å². The Balaban J connectivity index is 1.74. The quantitative estimate of drug-likeness (QED) is 0.254. The van der Waals surface area contributed by atoms with Gasteiger partial charge < -0.3 is 15.2 Å². The van der Waals surface area contributed by atoms with Gasteiger partial charge >= 0.3 is 0 Å². The lowest BCUT2D eigenvalue weighted by Gasteiger charge is -2.13. The standard InChI is InChI=1S/C22H20N4O7S/c1-32-20-11-6-15(12-16(20)14-33-21-5-3-2-4-19(21)22(23)27)13-24-25-34(30,31)18-9-7-17(8-10-18)26(28)29/h2-13,25H,14H2,1H3,(H2,23,27)/b24-13-. The number of nitrogens with two attached hydrogens (primary N) is 1. The van der Waals surface area contributed by atoms with Crippen LogP contribution in [0.1, 0.15) is 21.5 Å². The normalized spacial score (nSPS) is 11.2. The van der Waals surface area contributed by atoms with Crippen molar-refractivity contribution in [1.82, 2.24) is 4.83 Å². The van der Waals surface area contributed by atoms with E-state index < -0.39 is 20.9 Å². The first kappa shape index (κ1) is 24.2. The van der Waals surface area contributed by atoms with Crippen LogP contribution in [0.5, 0.6) is 11.5 Å². The monoisotopic (exact) mass is 484 g/mol. The van der Waals surface area contributed by atoms with Gasteiger partial charge in [0.2, 0.25) is 0 Å². The summed E-state index contributed by atoms with van der Waals surface area (Å²) in [5.74, 6) is 0.205. The fourth-order valence-corrected chi connectivity index (χ4v) is 3.70. The van der Waals surface area contributed by atoms with Crippen LogP contribution in [0.2, 0.25) is 0 Å². The van der Waals surface area contributed by atoms with Gasteiger partial charge in [0, 0.05) is 17.7 Å². The maximum Gasteiger partial charge on any atom is 0.276 e. The molecule has 0 aromatic heterocycles. The largest absolute Gasteiger partial charge is 0.496 e. The van der Waals surface area contributed by atoms with E-state index in [-0.39, 0.29) is 22.8 Å². The Bertz CT molecular complexity index is 1340. The van der Waals surface area contributed by atoms with Crippen LogP contribution in [-0.4, -0.2) is 32.6 Å². The summed E-state index contributed by atoms with van der Waals surface area (Å²) in [4.78, 5) is 23.5. The van der Waals surface area contributed by atoms with Crippen molar-refractivity contribution in [3.63, 3.8) is 0 Å². The highest BCUT2D eigenvalue weighted by Gasteiger charge is 2.15. The number of nitro benzene ring substituents is 1. The van der Waals surface area contributed by atoms with Crippen LogP contribution in [0, 0.1) is 10.1 Å². The van der Waals surface area contributed by atoms with E-state index in [2.05, 4.69) is 9.93 Å². The summed E-state index contributed by atoms with van der Waals surface area (Å²) in [6.45, 7) is 0.0453.